The quantitative estimate of drug-likeness (QED) is 0.146. The molecule has 4 amide bonds. The third-order valence-electron chi connectivity index (χ3n) is 4.96. The highest BCUT2D eigenvalue weighted by molar-refractivity contribution is 5.94. The molecule has 0 aliphatic rings. The zero-order valence-electron chi connectivity index (χ0n) is 19.2. The van der Waals surface area contributed by atoms with Gasteiger partial charge in [0, 0.05) is 12.8 Å². The van der Waals surface area contributed by atoms with E-state index in [1.54, 1.807) is 30.3 Å². The van der Waals surface area contributed by atoms with Gasteiger partial charge in [0.2, 0.25) is 23.6 Å². The number of hydrogen-bond acceptors (Lipinski definition) is 7. The van der Waals surface area contributed by atoms with Gasteiger partial charge in [-0.3, -0.25) is 28.8 Å². The standard InChI is InChI=1S/C22H31N5O8/c1-12(22(34)35)25-20(32)15(7-9-17(24)28)27-21(33)16(8-10-18(29)30)26-19(31)14(23)11-13-5-3-2-4-6-13/h2-6,12,14-16H,7-11,23H2,1H3,(H2,24,28)(H,25,32)(H,26,31)(H,27,33)(H,29,30)(H,34,35). The molecule has 13 nitrogen and oxygen atoms in total. The first kappa shape index (κ1) is 29.0. The fourth-order valence-corrected chi connectivity index (χ4v) is 2.98. The van der Waals surface area contributed by atoms with Crippen molar-refractivity contribution < 1.29 is 39.0 Å². The lowest BCUT2D eigenvalue weighted by atomic mass is 10.0. The minimum Gasteiger partial charge on any atom is -0.481 e. The molecule has 0 bridgehead atoms. The number of carboxylic acid groups (broad SMARTS) is 2. The van der Waals surface area contributed by atoms with E-state index in [0.29, 0.717) is 0 Å². The van der Waals surface area contributed by atoms with Crippen molar-refractivity contribution in [2.24, 2.45) is 11.5 Å². The van der Waals surface area contributed by atoms with Crippen molar-refractivity contribution in [3.8, 4) is 0 Å². The molecule has 0 saturated carbocycles. The number of carbonyl (C=O) groups excluding carboxylic acids is 4. The zero-order valence-corrected chi connectivity index (χ0v) is 19.2. The summed E-state index contributed by atoms with van der Waals surface area (Å²) in [6.45, 7) is 1.21. The van der Waals surface area contributed by atoms with Crippen LogP contribution in [0.25, 0.3) is 0 Å². The Balaban J connectivity index is 2.96. The van der Waals surface area contributed by atoms with Crippen molar-refractivity contribution in [1.29, 1.82) is 0 Å². The van der Waals surface area contributed by atoms with Gasteiger partial charge in [0.25, 0.3) is 0 Å². The summed E-state index contributed by atoms with van der Waals surface area (Å²) in [5, 5.41) is 24.9. The number of amides is 4. The Labute approximate surface area is 201 Å². The van der Waals surface area contributed by atoms with Gasteiger partial charge >= 0.3 is 11.9 Å². The normalized spacial score (nSPS) is 14.0. The average Bonchev–Trinajstić information content (AvgIpc) is 2.79. The van der Waals surface area contributed by atoms with Crippen LogP contribution in [-0.4, -0.2) is 69.9 Å². The fraction of sp³-hybridized carbons (Fsp3) is 0.455. The van der Waals surface area contributed by atoms with Crippen molar-refractivity contribution in [3.05, 3.63) is 35.9 Å². The predicted octanol–water partition coefficient (Wildman–Crippen LogP) is -1.75. The molecule has 0 aliphatic carbocycles. The number of benzene rings is 1. The van der Waals surface area contributed by atoms with Crippen molar-refractivity contribution in [2.75, 3.05) is 0 Å². The molecule has 1 aromatic carbocycles. The van der Waals surface area contributed by atoms with E-state index in [4.69, 9.17) is 21.7 Å². The minimum atomic E-state index is -1.36. The number of aliphatic carboxylic acids is 2. The largest absolute Gasteiger partial charge is 0.481 e. The van der Waals surface area contributed by atoms with E-state index in [9.17, 15) is 28.8 Å². The van der Waals surface area contributed by atoms with Gasteiger partial charge in [-0.05, 0) is 31.7 Å². The molecule has 0 spiro atoms. The van der Waals surface area contributed by atoms with E-state index in [-0.39, 0.29) is 25.7 Å². The first-order chi connectivity index (χ1) is 16.4. The molecule has 35 heavy (non-hydrogen) atoms. The third-order valence-corrected chi connectivity index (χ3v) is 4.96. The molecule has 0 radical (unpaired) electrons. The van der Waals surface area contributed by atoms with Crippen LogP contribution in [0.1, 0.15) is 38.2 Å². The summed E-state index contributed by atoms with van der Waals surface area (Å²) in [7, 11) is 0. The van der Waals surface area contributed by atoms with Gasteiger partial charge in [0.15, 0.2) is 0 Å². The summed E-state index contributed by atoms with van der Waals surface area (Å²) in [4.78, 5) is 71.2. The van der Waals surface area contributed by atoms with Crippen LogP contribution in [0.3, 0.4) is 0 Å². The molecule has 4 unspecified atom stereocenters. The van der Waals surface area contributed by atoms with E-state index in [0.717, 1.165) is 5.56 Å². The molecule has 1 rings (SSSR count). The van der Waals surface area contributed by atoms with Crippen molar-refractivity contribution in [1.82, 2.24) is 16.0 Å². The first-order valence-corrected chi connectivity index (χ1v) is 10.8. The number of rotatable bonds is 15. The summed E-state index contributed by atoms with van der Waals surface area (Å²) < 4.78 is 0. The van der Waals surface area contributed by atoms with Gasteiger partial charge in [-0.25, -0.2) is 0 Å². The van der Waals surface area contributed by atoms with Crippen molar-refractivity contribution in [3.63, 3.8) is 0 Å². The van der Waals surface area contributed by atoms with E-state index in [1.165, 1.54) is 6.92 Å². The van der Waals surface area contributed by atoms with Gasteiger partial charge in [-0.15, -0.1) is 0 Å². The van der Waals surface area contributed by atoms with Crippen LogP contribution in [0.4, 0.5) is 0 Å². The second kappa shape index (κ2) is 14.3. The Hall–Kier alpha value is -4.00. The fourth-order valence-electron chi connectivity index (χ4n) is 2.98. The van der Waals surface area contributed by atoms with Crippen molar-refractivity contribution >= 4 is 35.6 Å². The second-order valence-corrected chi connectivity index (χ2v) is 7.92. The Bertz CT molecular complexity index is 924. The van der Waals surface area contributed by atoms with Gasteiger partial charge in [-0.2, -0.15) is 0 Å². The highest BCUT2D eigenvalue weighted by Crippen LogP contribution is 2.06. The third kappa shape index (κ3) is 11.1. The molecule has 0 heterocycles. The van der Waals surface area contributed by atoms with E-state index in [2.05, 4.69) is 16.0 Å². The van der Waals surface area contributed by atoms with Gasteiger partial charge < -0.3 is 37.6 Å². The molecule has 192 valence electrons. The maximum Gasteiger partial charge on any atom is 0.325 e. The molecule has 9 N–H and O–H groups in total. The number of hydrogen-bond donors (Lipinski definition) is 7. The molecule has 13 heteroatoms. The highest BCUT2D eigenvalue weighted by Gasteiger charge is 2.30. The highest BCUT2D eigenvalue weighted by atomic mass is 16.4. The van der Waals surface area contributed by atoms with E-state index in [1.807, 2.05) is 0 Å². The van der Waals surface area contributed by atoms with Crippen LogP contribution < -0.4 is 27.4 Å². The lowest BCUT2D eigenvalue weighted by Gasteiger charge is -2.24. The molecule has 1 aromatic rings. The summed E-state index contributed by atoms with van der Waals surface area (Å²) in [5.41, 5.74) is 11.8. The first-order valence-electron chi connectivity index (χ1n) is 10.8. The van der Waals surface area contributed by atoms with Gasteiger partial charge in [-0.1, -0.05) is 30.3 Å². The van der Waals surface area contributed by atoms with Crippen LogP contribution in [0.5, 0.6) is 0 Å². The molecular formula is C22H31N5O8. The maximum atomic E-state index is 12.9. The Morgan fingerprint density at radius 2 is 1.34 bits per heavy atom. The molecule has 0 aromatic heterocycles. The number of nitrogens with one attached hydrogen (secondary N) is 3. The van der Waals surface area contributed by atoms with Crippen LogP contribution in [-0.2, 0) is 35.2 Å². The summed E-state index contributed by atoms with van der Waals surface area (Å²) in [6, 6.07) is 3.82. The second-order valence-electron chi connectivity index (χ2n) is 7.92. The van der Waals surface area contributed by atoms with Crippen LogP contribution >= 0.6 is 0 Å². The van der Waals surface area contributed by atoms with Crippen LogP contribution in [0.2, 0.25) is 0 Å². The van der Waals surface area contributed by atoms with Crippen molar-refractivity contribution in [2.45, 2.75) is 63.2 Å². The number of primary amides is 1. The molecule has 4 atom stereocenters. The lowest BCUT2D eigenvalue weighted by molar-refractivity contribution is -0.142. The Kier molecular flexibility index (Phi) is 11.9. The average molecular weight is 494 g/mol. The number of carbonyl (C=O) groups is 6. The number of carboxylic acids is 2. The molecule has 0 saturated heterocycles. The SMILES string of the molecule is CC(NC(=O)C(CCC(N)=O)NC(=O)C(CCC(=O)O)NC(=O)C(N)Cc1ccccc1)C(=O)O. The van der Waals surface area contributed by atoms with Crippen LogP contribution in [0, 0.1) is 0 Å². The monoisotopic (exact) mass is 493 g/mol. The topological polar surface area (TPSA) is 231 Å². The van der Waals surface area contributed by atoms with E-state index < -0.39 is 66.2 Å². The zero-order chi connectivity index (χ0) is 26.5. The minimum absolute atomic E-state index is 0.163. The van der Waals surface area contributed by atoms with E-state index >= 15 is 0 Å². The smallest absolute Gasteiger partial charge is 0.325 e. The lowest BCUT2D eigenvalue weighted by Crippen LogP contribution is -2.57. The molecular weight excluding hydrogens is 462 g/mol. The predicted molar refractivity (Wildman–Crippen MR) is 123 cm³/mol. The molecule has 0 fully saturated rings. The van der Waals surface area contributed by atoms with Gasteiger partial charge in [0.05, 0.1) is 6.04 Å². The Morgan fingerprint density at radius 1 is 0.829 bits per heavy atom. The Morgan fingerprint density at radius 3 is 1.86 bits per heavy atom. The van der Waals surface area contributed by atoms with Gasteiger partial charge in [0.1, 0.15) is 18.1 Å². The summed E-state index contributed by atoms with van der Waals surface area (Å²) in [6.07, 6.45) is -1.15. The maximum absolute atomic E-state index is 12.9. The summed E-state index contributed by atoms with van der Waals surface area (Å²) in [5.74, 6) is -5.80. The molecule has 0 aliphatic heterocycles. The number of nitrogens with two attached hydrogens (primary N) is 2. The summed E-state index contributed by atoms with van der Waals surface area (Å²) >= 11 is 0. The van der Waals surface area contributed by atoms with Crippen LogP contribution in [0.15, 0.2) is 30.3 Å².